The molecule has 0 saturated carbocycles. The number of hydrogen-bond acceptors (Lipinski definition) is 6. The Morgan fingerprint density at radius 2 is 1.88 bits per heavy atom. The molecule has 0 saturated heterocycles. The van der Waals surface area contributed by atoms with Gasteiger partial charge in [-0.25, -0.2) is 13.1 Å². The highest BCUT2D eigenvalue weighted by Gasteiger charge is 2.21. The van der Waals surface area contributed by atoms with Crippen LogP contribution in [0.1, 0.15) is 17.2 Å². The first-order valence-electron chi connectivity index (χ1n) is 7.31. The Labute approximate surface area is 150 Å². The van der Waals surface area contributed by atoms with Crippen LogP contribution in [0.15, 0.2) is 52.3 Å². The third kappa shape index (κ3) is 4.79. The van der Waals surface area contributed by atoms with Crippen LogP contribution in [0.4, 0.5) is 5.69 Å². The Bertz CT molecular complexity index is 867. The van der Waals surface area contributed by atoms with E-state index >= 15 is 0 Å². The fourth-order valence-corrected chi connectivity index (χ4v) is 3.91. The number of nitro benzene ring substituents is 1. The highest BCUT2D eigenvalue weighted by Crippen LogP contribution is 2.23. The van der Waals surface area contributed by atoms with E-state index in [1.165, 1.54) is 12.1 Å². The van der Waals surface area contributed by atoms with E-state index in [1.54, 1.807) is 30.8 Å². The molecule has 0 fully saturated rings. The van der Waals surface area contributed by atoms with E-state index in [2.05, 4.69) is 4.72 Å². The lowest BCUT2D eigenvalue weighted by Crippen LogP contribution is -2.29. The third-order valence-corrected chi connectivity index (χ3v) is 5.95. The fraction of sp³-hybridized carbons (Fsp3) is 0.250. The van der Waals surface area contributed by atoms with E-state index in [9.17, 15) is 23.6 Å². The van der Waals surface area contributed by atoms with Crippen molar-refractivity contribution in [2.45, 2.75) is 22.8 Å². The van der Waals surface area contributed by atoms with E-state index in [0.717, 1.165) is 11.0 Å². The van der Waals surface area contributed by atoms with E-state index in [1.807, 2.05) is 18.4 Å². The number of sulfonamides is 1. The maximum atomic E-state index is 12.4. The summed E-state index contributed by atoms with van der Waals surface area (Å²) in [5.41, 5.74) is 0.660. The molecule has 0 aromatic heterocycles. The Morgan fingerprint density at radius 1 is 1.24 bits per heavy atom. The summed E-state index contributed by atoms with van der Waals surface area (Å²) >= 11 is 1.56. The summed E-state index contributed by atoms with van der Waals surface area (Å²) in [6.07, 6.45) is 0.908. The molecule has 0 aliphatic heterocycles. The Kier molecular flexibility index (Phi) is 6.17. The second-order valence-corrected chi connectivity index (χ2v) is 7.96. The van der Waals surface area contributed by atoms with Crippen LogP contribution in [0.5, 0.6) is 0 Å². The highest BCUT2D eigenvalue weighted by atomic mass is 32.2. The number of thioether (sulfide) groups is 1. The zero-order valence-corrected chi connectivity index (χ0v) is 15.3. The van der Waals surface area contributed by atoms with Crippen molar-refractivity contribution in [3.63, 3.8) is 0 Å². The molecule has 25 heavy (non-hydrogen) atoms. The number of nitrogens with one attached hydrogen (secondary N) is 1. The Hall–Kier alpha value is -1.94. The molecule has 0 aliphatic carbocycles. The van der Waals surface area contributed by atoms with E-state index in [0.29, 0.717) is 11.1 Å². The second kappa shape index (κ2) is 7.96. The summed E-state index contributed by atoms with van der Waals surface area (Å²) in [6.45, 7) is 1.32. The first-order chi connectivity index (χ1) is 11.7. The minimum absolute atomic E-state index is 0.174. The highest BCUT2D eigenvalue weighted by molar-refractivity contribution is 7.98. The topological polar surface area (TPSA) is 110 Å². The molecule has 2 rings (SSSR count). The van der Waals surface area contributed by atoms with E-state index < -0.39 is 21.1 Å². The quantitative estimate of drug-likeness (QED) is 0.433. The molecule has 7 nitrogen and oxygen atoms in total. The molecule has 0 spiro atoms. The number of benzene rings is 2. The standard InChI is InChI=1S/C16H18N2O5S2/c1-11-3-6-13(18(20)21)9-16(11)25(22,23)17-10-15(19)12-4-7-14(24-2)8-5-12/h3-9,15,17,19H,10H2,1-2H3. The lowest BCUT2D eigenvalue weighted by atomic mass is 10.1. The number of non-ortho nitro benzene ring substituents is 1. The molecule has 0 radical (unpaired) electrons. The predicted molar refractivity (Wildman–Crippen MR) is 96.2 cm³/mol. The number of hydrogen-bond donors (Lipinski definition) is 2. The Morgan fingerprint density at radius 3 is 2.44 bits per heavy atom. The van der Waals surface area contributed by atoms with Crippen molar-refractivity contribution < 1.29 is 18.4 Å². The van der Waals surface area contributed by atoms with Crippen LogP contribution in [-0.2, 0) is 10.0 Å². The second-order valence-electron chi connectivity index (χ2n) is 5.35. The van der Waals surface area contributed by atoms with Gasteiger partial charge in [0, 0.05) is 23.6 Å². The van der Waals surface area contributed by atoms with Crippen LogP contribution in [0.3, 0.4) is 0 Å². The molecule has 0 aliphatic rings. The molecule has 0 amide bonds. The van der Waals surface area contributed by atoms with Crippen molar-refractivity contribution in [3.8, 4) is 0 Å². The number of aliphatic hydroxyl groups is 1. The van der Waals surface area contributed by atoms with Gasteiger partial charge in [-0.2, -0.15) is 0 Å². The molecule has 0 heterocycles. The first kappa shape index (κ1) is 19.4. The van der Waals surface area contributed by atoms with Crippen LogP contribution in [0.25, 0.3) is 0 Å². The van der Waals surface area contributed by atoms with Gasteiger partial charge >= 0.3 is 0 Å². The molecule has 0 bridgehead atoms. The third-order valence-electron chi connectivity index (χ3n) is 3.64. The number of nitrogens with zero attached hydrogens (tertiary/aromatic N) is 1. The average molecular weight is 382 g/mol. The van der Waals surface area contributed by atoms with Gasteiger partial charge < -0.3 is 5.11 Å². The van der Waals surface area contributed by atoms with Gasteiger partial charge in [0.05, 0.1) is 15.9 Å². The van der Waals surface area contributed by atoms with Crippen molar-refractivity contribution >= 4 is 27.5 Å². The summed E-state index contributed by atoms with van der Waals surface area (Å²) in [5, 5.41) is 21.0. The molecule has 2 N–H and O–H groups in total. The summed E-state index contributed by atoms with van der Waals surface area (Å²) in [5.74, 6) is 0. The predicted octanol–water partition coefficient (Wildman–Crippen LogP) is 2.64. The monoisotopic (exact) mass is 382 g/mol. The Balaban J connectivity index is 2.15. The zero-order chi connectivity index (χ0) is 18.6. The summed E-state index contributed by atoms with van der Waals surface area (Å²) < 4.78 is 27.1. The number of aliphatic hydroxyl groups excluding tert-OH is 1. The van der Waals surface area contributed by atoms with Gasteiger partial charge in [-0.3, -0.25) is 10.1 Å². The van der Waals surface area contributed by atoms with Gasteiger partial charge in [0.1, 0.15) is 0 Å². The number of rotatable bonds is 7. The van der Waals surface area contributed by atoms with Crippen molar-refractivity contribution in [2.75, 3.05) is 12.8 Å². The lowest BCUT2D eigenvalue weighted by Gasteiger charge is -2.14. The SMILES string of the molecule is CSc1ccc(C(O)CNS(=O)(=O)c2cc([N+](=O)[O-])ccc2C)cc1. The van der Waals surface area contributed by atoms with Gasteiger partial charge in [-0.15, -0.1) is 11.8 Å². The maximum absolute atomic E-state index is 12.4. The van der Waals surface area contributed by atoms with Crippen LogP contribution in [0, 0.1) is 17.0 Å². The van der Waals surface area contributed by atoms with Gasteiger partial charge in [-0.1, -0.05) is 18.2 Å². The van der Waals surface area contributed by atoms with Crippen molar-refractivity contribution in [1.82, 2.24) is 4.72 Å². The maximum Gasteiger partial charge on any atom is 0.270 e. The molecule has 134 valence electrons. The minimum Gasteiger partial charge on any atom is -0.387 e. The molecular formula is C16H18N2O5S2. The molecule has 2 aromatic rings. The van der Waals surface area contributed by atoms with E-state index in [-0.39, 0.29) is 17.1 Å². The van der Waals surface area contributed by atoms with Gasteiger partial charge in [-0.05, 0) is 36.4 Å². The van der Waals surface area contributed by atoms with Crippen molar-refractivity contribution in [1.29, 1.82) is 0 Å². The lowest BCUT2D eigenvalue weighted by molar-refractivity contribution is -0.385. The normalized spacial score (nSPS) is 12.8. The smallest absolute Gasteiger partial charge is 0.270 e. The van der Waals surface area contributed by atoms with Crippen molar-refractivity contribution in [3.05, 3.63) is 63.7 Å². The number of nitro groups is 1. The van der Waals surface area contributed by atoms with Crippen LogP contribution in [0.2, 0.25) is 0 Å². The number of aryl methyl sites for hydroxylation is 1. The summed E-state index contributed by atoms with van der Waals surface area (Å²) in [7, 11) is -3.98. The van der Waals surface area contributed by atoms with Gasteiger partial charge in [0.2, 0.25) is 10.0 Å². The van der Waals surface area contributed by atoms with Crippen molar-refractivity contribution in [2.24, 2.45) is 0 Å². The fourth-order valence-electron chi connectivity index (χ4n) is 2.20. The molecule has 1 unspecified atom stereocenters. The molecule has 1 atom stereocenters. The van der Waals surface area contributed by atoms with Crippen LogP contribution in [-0.4, -0.2) is 31.2 Å². The minimum atomic E-state index is -3.98. The van der Waals surface area contributed by atoms with Crippen LogP contribution < -0.4 is 4.72 Å². The van der Waals surface area contributed by atoms with Crippen LogP contribution >= 0.6 is 11.8 Å². The average Bonchev–Trinajstić information content (AvgIpc) is 2.59. The van der Waals surface area contributed by atoms with Gasteiger partial charge in [0.25, 0.3) is 5.69 Å². The first-order valence-corrected chi connectivity index (χ1v) is 10.0. The summed E-state index contributed by atoms with van der Waals surface area (Å²) in [6, 6.07) is 10.8. The molecule has 9 heteroatoms. The molecular weight excluding hydrogens is 364 g/mol. The summed E-state index contributed by atoms with van der Waals surface area (Å²) in [4.78, 5) is 11.0. The largest absolute Gasteiger partial charge is 0.387 e. The zero-order valence-electron chi connectivity index (χ0n) is 13.7. The van der Waals surface area contributed by atoms with E-state index in [4.69, 9.17) is 0 Å². The molecule has 2 aromatic carbocycles. The van der Waals surface area contributed by atoms with Gasteiger partial charge in [0.15, 0.2) is 0 Å².